The van der Waals surface area contributed by atoms with E-state index in [1.165, 1.54) is 14.2 Å². The number of aliphatic hydroxyl groups is 2. The molecule has 2 atom stereocenters. The maximum absolute atomic E-state index is 11.1. The Morgan fingerprint density at radius 3 is 1.26 bits per heavy atom. The van der Waals surface area contributed by atoms with Gasteiger partial charge in [0.25, 0.3) is 0 Å². The fourth-order valence-corrected chi connectivity index (χ4v) is 3.45. The van der Waals surface area contributed by atoms with Gasteiger partial charge in [0, 0.05) is 38.0 Å². The molecule has 2 unspecified atom stereocenters. The van der Waals surface area contributed by atoms with Crippen LogP contribution in [-0.2, 0) is 31.9 Å². The van der Waals surface area contributed by atoms with Crippen molar-refractivity contribution in [3.8, 4) is 11.5 Å². The molecule has 0 amide bonds. The number of ether oxygens (including phenoxy) is 4. The second-order valence-corrected chi connectivity index (χ2v) is 10.5. The summed E-state index contributed by atoms with van der Waals surface area (Å²) in [5.41, 5.74) is 2.10. The van der Waals surface area contributed by atoms with Crippen LogP contribution in [0.3, 0.4) is 0 Å². The highest BCUT2D eigenvalue weighted by Crippen LogP contribution is 2.15. The van der Waals surface area contributed by atoms with Crippen molar-refractivity contribution in [1.29, 1.82) is 0 Å². The van der Waals surface area contributed by atoms with E-state index in [4.69, 9.17) is 9.47 Å². The summed E-state index contributed by atoms with van der Waals surface area (Å²) in [7, 11) is 2.78. The first-order chi connectivity index (χ1) is 20.0. The van der Waals surface area contributed by atoms with E-state index in [2.05, 4.69) is 20.1 Å². The molecule has 0 aliphatic heterocycles. The molecule has 0 spiro atoms. The van der Waals surface area contributed by atoms with E-state index in [1.54, 1.807) is 0 Å². The number of esters is 2. The molecule has 2 aromatic carbocycles. The van der Waals surface area contributed by atoms with Gasteiger partial charge in [-0.05, 0) is 48.2 Å². The van der Waals surface area contributed by atoms with Crippen molar-refractivity contribution in [3.63, 3.8) is 0 Å². The summed E-state index contributed by atoms with van der Waals surface area (Å²) in [5.74, 6) is 0.994. The number of benzene rings is 2. The van der Waals surface area contributed by atoms with Crippen molar-refractivity contribution in [2.24, 2.45) is 0 Å². The van der Waals surface area contributed by atoms with E-state index in [0.29, 0.717) is 62.4 Å². The van der Waals surface area contributed by atoms with E-state index >= 15 is 0 Å². The van der Waals surface area contributed by atoms with Crippen molar-refractivity contribution < 1.29 is 38.7 Å². The number of aryl methyl sites for hydroxylation is 2. The zero-order valence-electron chi connectivity index (χ0n) is 25.9. The molecule has 0 heterocycles. The zero-order chi connectivity index (χ0) is 31.3. The van der Waals surface area contributed by atoms with E-state index in [-0.39, 0.29) is 25.2 Å². The minimum absolute atomic E-state index is 0.212. The van der Waals surface area contributed by atoms with Crippen LogP contribution in [0, 0.1) is 0 Å². The Morgan fingerprint density at radius 1 is 0.643 bits per heavy atom. The first-order valence-corrected chi connectivity index (χ1v) is 14.4. The second-order valence-electron chi connectivity index (χ2n) is 10.5. The van der Waals surface area contributed by atoms with Crippen molar-refractivity contribution in [2.45, 2.75) is 77.7 Å². The van der Waals surface area contributed by atoms with Crippen LogP contribution < -0.4 is 20.1 Å². The topological polar surface area (TPSA) is 136 Å². The molecule has 0 aromatic heterocycles. The second kappa shape index (κ2) is 21.5. The van der Waals surface area contributed by atoms with Crippen LogP contribution in [-0.4, -0.2) is 87.0 Å². The monoisotopic (exact) mass is 590 g/mol. The predicted octanol–water partition coefficient (Wildman–Crippen LogP) is 3.06. The Balaban J connectivity index is 0.000000420. The molecule has 2 aromatic rings. The summed E-state index contributed by atoms with van der Waals surface area (Å²) in [4.78, 5) is 22.1. The van der Waals surface area contributed by atoms with Gasteiger partial charge in [0.1, 0.15) is 36.9 Å². The number of carbonyl (C=O) groups excluding carboxylic acids is 2. The van der Waals surface area contributed by atoms with E-state index < -0.39 is 12.2 Å². The molecular weight excluding hydrogens is 540 g/mol. The van der Waals surface area contributed by atoms with Gasteiger partial charge in [-0.15, -0.1) is 0 Å². The van der Waals surface area contributed by atoms with Crippen LogP contribution in [0.5, 0.6) is 11.5 Å². The summed E-state index contributed by atoms with van der Waals surface area (Å²) >= 11 is 0. The smallest absolute Gasteiger partial charge is 0.305 e. The molecular formula is C32H50N2O8. The van der Waals surface area contributed by atoms with Gasteiger partial charge in [0.2, 0.25) is 0 Å². The molecule has 0 aliphatic rings. The summed E-state index contributed by atoms with van der Waals surface area (Å²) in [6, 6.07) is 15.7. The van der Waals surface area contributed by atoms with Gasteiger partial charge < -0.3 is 39.8 Å². The van der Waals surface area contributed by atoms with E-state index in [0.717, 1.165) is 11.1 Å². The highest BCUT2D eigenvalue weighted by molar-refractivity contribution is 5.69. The molecule has 0 radical (unpaired) electrons. The summed E-state index contributed by atoms with van der Waals surface area (Å²) in [5, 5.41) is 25.8. The predicted molar refractivity (Wildman–Crippen MR) is 163 cm³/mol. The van der Waals surface area contributed by atoms with E-state index in [1.807, 2.05) is 76.2 Å². The van der Waals surface area contributed by atoms with Gasteiger partial charge in [0.15, 0.2) is 0 Å². The summed E-state index contributed by atoms with van der Waals surface area (Å²) in [6.45, 7) is 9.63. The number of hydrogen-bond acceptors (Lipinski definition) is 10. The Morgan fingerprint density at radius 2 is 0.976 bits per heavy atom. The molecule has 10 nitrogen and oxygen atoms in total. The molecule has 0 aliphatic carbocycles. The molecule has 2 rings (SSSR count). The molecule has 10 heteroatoms. The van der Waals surface area contributed by atoms with Gasteiger partial charge in [-0.1, -0.05) is 52.0 Å². The minimum atomic E-state index is -0.536. The maximum Gasteiger partial charge on any atom is 0.305 e. The van der Waals surface area contributed by atoms with Crippen molar-refractivity contribution in [2.75, 3.05) is 40.5 Å². The number of aliphatic hydroxyl groups excluding tert-OH is 2. The molecule has 0 bridgehead atoms. The molecule has 0 saturated carbocycles. The van der Waals surface area contributed by atoms with Crippen molar-refractivity contribution >= 4 is 11.9 Å². The lowest BCUT2D eigenvalue weighted by Gasteiger charge is -2.15. The first-order valence-electron chi connectivity index (χ1n) is 14.4. The van der Waals surface area contributed by atoms with Gasteiger partial charge in [-0.2, -0.15) is 0 Å². The van der Waals surface area contributed by atoms with Gasteiger partial charge in [0.05, 0.1) is 14.2 Å². The quantitative estimate of drug-likeness (QED) is 0.192. The molecule has 42 heavy (non-hydrogen) atoms. The van der Waals surface area contributed by atoms with Crippen LogP contribution >= 0.6 is 0 Å². The Kier molecular flexibility index (Phi) is 18.9. The number of carbonyl (C=O) groups is 2. The molecule has 4 N–H and O–H groups in total. The average Bonchev–Trinajstić information content (AvgIpc) is 2.99. The number of nitrogens with one attached hydrogen (secondary N) is 2. The fraction of sp³-hybridized carbons (Fsp3) is 0.562. The third kappa shape index (κ3) is 18.3. The first kappa shape index (κ1) is 36.8. The average molecular weight is 591 g/mol. The highest BCUT2D eigenvalue weighted by Gasteiger charge is 2.08. The summed E-state index contributed by atoms with van der Waals surface area (Å²) < 4.78 is 20.2. The highest BCUT2D eigenvalue weighted by atomic mass is 16.5. The SMILES string of the molecule is COC(=O)CCc1ccc(OCC(O)CNC(C)C)cc1.COC(=O)CCc1ccc(OCC(O)CNC(C)C)cc1. The summed E-state index contributed by atoms with van der Waals surface area (Å²) in [6.07, 6.45) is 0.965. The molecule has 236 valence electrons. The number of hydrogen-bond donors (Lipinski definition) is 4. The molecule has 0 saturated heterocycles. The fourth-order valence-electron chi connectivity index (χ4n) is 3.45. The maximum atomic E-state index is 11.1. The normalized spacial score (nSPS) is 12.2. The lowest BCUT2D eigenvalue weighted by atomic mass is 10.1. The Labute approximate surface area is 250 Å². The van der Waals surface area contributed by atoms with Crippen LogP contribution in [0.2, 0.25) is 0 Å². The van der Waals surface area contributed by atoms with Crippen molar-refractivity contribution in [1.82, 2.24) is 10.6 Å². The minimum Gasteiger partial charge on any atom is -0.491 e. The van der Waals surface area contributed by atoms with Gasteiger partial charge in [-0.3, -0.25) is 9.59 Å². The number of rotatable bonds is 18. The van der Waals surface area contributed by atoms with Crippen LogP contribution in [0.1, 0.15) is 51.7 Å². The largest absolute Gasteiger partial charge is 0.491 e. The van der Waals surface area contributed by atoms with Gasteiger partial charge >= 0.3 is 11.9 Å². The Bertz CT molecular complexity index is 915. The van der Waals surface area contributed by atoms with Gasteiger partial charge in [-0.25, -0.2) is 0 Å². The zero-order valence-corrected chi connectivity index (χ0v) is 25.9. The van der Waals surface area contributed by atoms with Crippen LogP contribution in [0.15, 0.2) is 48.5 Å². The third-order valence-electron chi connectivity index (χ3n) is 5.95. The molecule has 0 fully saturated rings. The van der Waals surface area contributed by atoms with E-state index in [9.17, 15) is 19.8 Å². The van der Waals surface area contributed by atoms with Crippen LogP contribution in [0.25, 0.3) is 0 Å². The van der Waals surface area contributed by atoms with Crippen LogP contribution in [0.4, 0.5) is 0 Å². The third-order valence-corrected chi connectivity index (χ3v) is 5.95. The Hall–Kier alpha value is -3.18. The number of methoxy groups -OCH3 is 2. The standard InChI is InChI=1S/2C16H25NO4/c2*1-12(2)17-10-14(18)11-21-15-7-4-13(5-8-15)6-9-16(19)20-3/h2*4-5,7-8,12,14,17-18H,6,9-11H2,1-3H3. The lowest BCUT2D eigenvalue weighted by molar-refractivity contribution is -0.141. The lowest BCUT2D eigenvalue weighted by Crippen LogP contribution is -2.35. The van der Waals surface area contributed by atoms with Crippen molar-refractivity contribution in [3.05, 3.63) is 59.7 Å².